The molecule has 0 saturated heterocycles. The summed E-state index contributed by atoms with van der Waals surface area (Å²) >= 11 is 5.57. The van der Waals surface area contributed by atoms with Crippen molar-refractivity contribution in [2.45, 2.75) is 6.54 Å². The highest BCUT2D eigenvalue weighted by molar-refractivity contribution is 6.30. The molecule has 0 aliphatic carbocycles. The second kappa shape index (κ2) is 5.75. The summed E-state index contributed by atoms with van der Waals surface area (Å²) in [7, 11) is 0. The van der Waals surface area contributed by atoms with Gasteiger partial charge in [0.2, 0.25) is 0 Å². The number of halogens is 2. The lowest BCUT2D eigenvalue weighted by Gasteiger charge is -2.08. The predicted octanol–water partition coefficient (Wildman–Crippen LogP) is 3.71. The maximum absolute atomic E-state index is 13.3. The Bertz CT molecular complexity index is 664. The van der Waals surface area contributed by atoms with Gasteiger partial charge in [0.15, 0.2) is 0 Å². The Balaban J connectivity index is 2.18. The number of hydrogen-bond donors (Lipinski definition) is 2. The van der Waals surface area contributed by atoms with Gasteiger partial charge in [-0.2, -0.15) is 0 Å². The van der Waals surface area contributed by atoms with Crippen molar-refractivity contribution in [1.82, 2.24) is 0 Å². The molecule has 104 valence electrons. The van der Waals surface area contributed by atoms with Gasteiger partial charge in [-0.1, -0.05) is 17.7 Å². The molecule has 5 nitrogen and oxygen atoms in total. The number of anilines is 1. The average molecular weight is 297 g/mol. The first-order valence-corrected chi connectivity index (χ1v) is 6.00. The molecule has 2 N–H and O–H groups in total. The number of rotatable bonds is 4. The molecule has 2 rings (SSSR count). The number of nitro groups is 1. The number of nitrogens with one attached hydrogen (secondary N) is 1. The molecule has 0 atom stereocenters. The molecule has 0 fully saturated rings. The Kier molecular flexibility index (Phi) is 4.05. The van der Waals surface area contributed by atoms with E-state index in [9.17, 15) is 19.6 Å². The van der Waals surface area contributed by atoms with E-state index in [1.165, 1.54) is 24.3 Å². The summed E-state index contributed by atoms with van der Waals surface area (Å²) in [6, 6.07) is 8.05. The summed E-state index contributed by atoms with van der Waals surface area (Å²) in [5.41, 5.74) is 0.580. The summed E-state index contributed by atoms with van der Waals surface area (Å²) in [5, 5.41) is 22.9. The monoisotopic (exact) mass is 296 g/mol. The Morgan fingerprint density at radius 2 is 2.05 bits per heavy atom. The third-order valence-corrected chi connectivity index (χ3v) is 2.95. The molecule has 2 aromatic carbocycles. The summed E-state index contributed by atoms with van der Waals surface area (Å²) in [5.74, 6) is -0.744. The highest BCUT2D eigenvalue weighted by atomic mass is 35.5. The second-order valence-electron chi connectivity index (χ2n) is 4.06. The van der Waals surface area contributed by atoms with Crippen LogP contribution in [0.1, 0.15) is 5.56 Å². The SMILES string of the molecule is O=[N+]([O-])c1cc(O)ccc1NCc1ccc(Cl)c(F)c1. The fourth-order valence-corrected chi connectivity index (χ4v) is 1.79. The van der Waals surface area contributed by atoms with Crippen molar-refractivity contribution in [3.05, 3.63) is 62.9 Å². The van der Waals surface area contributed by atoms with Gasteiger partial charge < -0.3 is 10.4 Å². The number of hydrogen-bond acceptors (Lipinski definition) is 4. The highest BCUT2D eigenvalue weighted by Gasteiger charge is 2.14. The Morgan fingerprint density at radius 3 is 2.70 bits per heavy atom. The molecule has 0 radical (unpaired) electrons. The fraction of sp³-hybridized carbons (Fsp3) is 0.0769. The van der Waals surface area contributed by atoms with Crippen LogP contribution in [-0.4, -0.2) is 10.0 Å². The smallest absolute Gasteiger partial charge is 0.296 e. The van der Waals surface area contributed by atoms with Crippen molar-refractivity contribution in [2.75, 3.05) is 5.32 Å². The van der Waals surface area contributed by atoms with Crippen molar-refractivity contribution in [2.24, 2.45) is 0 Å². The number of nitro benzene ring substituents is 1. The van der Waals surface area contributed by atoms with E-state index in [2.05, 4.69) is 5.32 Å². The van der Waals surface area contributed by atoms with Crippen LogP contribution in [0.4, 0.5) is 15.8 Å². The predicted molar refractivity (Wildman–Crippen MR) is 73.5 cm³/mol. The zero-order valence-electron chi connectivity index (χ0n) is 10.1. The molecule has 0 spiro atoms. The van der Waals surface area contributed by atoms with Crippen molar-refractivity contribution >= 4 is 23.0 Å². The normalized spacial score (nSPS) is 10.3. The maximum atomic E-state index is 13.3. The summed E-state index contributed by atoms with van der Waals surface area (Å²) in [6.45, 7) is 0.194. The van der Waals surface area contributed by atoms with Gasteiger partial charge in [0.05, 0.1) is 16.0 Å². The van der Waals surface area contributed by atoms with Gasteiger partial charge in [0, 0.05) is 6.54 Å². The molecule has 7 heteroatoms. The first-order valence-electron chi connectivity index (χ1n) is 5.62. The molecule has 0 bridgehead atoms. The van der Waals surface area contributed by atoms with Gasteiger partial charge in [-0.05, 0) is 29.8 Å². The zero-order chi connectivity index (χ0) is 14.7. The maximum Gasteiger partial charge on any atom is 0.296 e. The van der Waals surface area contributed by atoms with E-state index in [0.29, 0.717) is 5.56 Å². The number of aromatic hydroxyl groups is 1. The van der Waals surface area contributed by atoms with E-state index in [-0.39, 0.29) is 28.7 Å². The summed E-state index contributed by atoms with van der Waals surface area (Å²) in [6.07, 6.45) is 0. The zero-order valence-corrected chi connectivity index (χ0v) is 10.9. The largest absolute Gasteiger partial charge is 0.508 e. The van der Waals surface area contributed by atoms with E-state index < -0.39 is 10.7 Å². The van der Waals surface area contributed by atoms with Crippen molar-refractivity contribution in [3.8, 4) is 5.75 Å². The number of nitrogens with zero attached hydrogens (tertiary/aromatic N) is 1. The molecule has 20 heavy (non-hydrogen) atoms. The number of phenols is 1. The van der Waals surface area contributed by atoms with Crippen LogP contribution in [0.5, 0.6) is 5.75 Å². The van der Waals surface area contributed by atoms with E-state index in [4.69, 9.17) is 11.6 Å². The molecule has 0 aromatic heterocycles. The van der Waals surface area contributed by atoms with Gasteiger partial charge in [-0.15, -0.1) is 0 Å². The molecule has 0 unspecified atom stereocenters. The lowest BCUT2D eigenvalue weighted by atomic mass is 10.2. The van der Waals surface area contributed by atoms with Gasteiger partial charge >= 0.3 is 0 Å². The summed E-state index contributed by atoms with van der Waals surface area (Å²) < 4.78 is 13.3. The minimum Gasteiger partial charge on any atom is -0.508 e. The van der Waals surface area contributed by atoms with Crippen molar-refractivity contribution < 1.29 is 14.4 Å². The fourth-order valence-electron chi connectivity index (χ4n) is 1.67. The minimum atomic E-state index is -0.607. The molecule has 0 aliphatic rings. The Morgan fingerprint density at radius 1 is 1.30 bits per heavy atom. The van der Waals surface area contributed by atoms with Crippen LogP contribution in [0, 0.1) is 15.9 Å². The van der Waals surface area contributed by atoms with Gasteiger partial charge in [-0.3, -0.25) is 10.1 Å². The van der Waals surface area contributed by atoms with Gasteiger partial charge in [0.25, 0.3) is 5.69 Å². The lowest BCUT2D eigenvalue weighted by molar-refractivity contribution is -0.384. The molecule has 0 amide bonds. The standard InChI is InChI=1S/C13H10ClFN2O3/c14-10-3-1-8(5-11(10)15)7-16-12-4-2-9(18)6-13(12)17(19)20/h1-6,16,18H,7H2. The van der Waals surface area contributed by atoms with E-state index in [0.717, 1.165) is 6.07 Å². The van der Waals surface area contributed by atoms with Gasteiger partial charge in [-0.25, -0.2) is 4.39 Å². The third-order valence-electron chi connectivity index (χ3n) is 2.64. The first kappa shape index (κ1) is 14.1. The van der Waals surface area contributed by atoms with Crippen LogP contribution in [0.3, 0.4) is 0 Å². The number of benzene rings is 2. The van der Waals surface area contributed by atoms with Crippen LogP contribution in [-0.2, 0) is 6.54 Å². The van der Waals surface area contributed by atoms with Crippen LogP contribution in [0.15, 0.2) is 36.4 Å². The van der Waals surface area contributed by atoms with Gasteiger partial charge in [0.1, 0.15) is 17.3 Å². The third kappa shape index (κ3) is 3.16. The topological polar surface area (TPSA) is 75.4 Å². The first-order chi connectivity index (χ1) is 9.47. The average Bonchev–Trinajstić information content (AvgIpc) is 2.41. The molecule has 0 saturated carbocycles. The van der Waals surface area contributed by atoms with Crippen molar-refractivity contribution in [3.63, 3.8) is 0 Å². The molecular weight excluding hydrogens is 287 g/mol. The Hall–Kier alpha value is -2.34. The minimum absolute atomic E-state index is 0.0179. The van der Waals surface area contributed by atoms with Crippen LogP contribution >= 0.6 is 11.6 Å². The molecular formula is C13H10ClFN2O3. The number of phenolic OH excluding ortho intramolecular Hbond substituents is 1. The molecule has 2 aromatic rings. The van der Waals surface area contributed by atoms with Crippen LogP contribution in [0.25, 0.3) is 0 Å². The quantitative estimate of drug-likeness (QED) is 0.512. The molecule has 0 aliphatic heterocycles. The van der Waals surface area contributed by atoms with E-state index >= 15 is 0 Å². The Labute approximate surface area is 118 Å². The van der Waals surface area contributed by atoms with Crippen molar-refractivity contribution in [1.29, 1.82) is 0 Å². The van der Waals surface area contributed by atoms with Crippen LogP contribution < -0.4 is 5.32 Å². The van der Waals surface area contributed by atoms with E-state index in [1.54, 1.807) is 6.07 Å². The summed E-state index contributed by atoms with van der Waals surface area (Å²) in [4.78, 5) is 10.3. The highest BCUT2D eigenvalue weighted by Crippen LogP contribution is 2.28. The second-order valence-corrected chi connectivity index (χ2v) is 4.47. The molecule has 0 heterocycles. The van der Waals surface area contributed by atoms with Crippen LogP contribution in [0.2, 0.25) is 5.02 Å². The van der Waals surface area contributed by atoms with E-state index in [1.807, 2.05) is 0 Å². The lowest BCUT2D eigenvalue weighted by Crippen LogP contribution is -2.02.